The molecule has 0 atom stereocenters. The zero-order chi connectivity index (χ0) is 13.4. The highest BCUT2D eigenvalue weighted by Crippen LogP contribution is 2.30. The summed E-state index contributed by atoms with van der Waals surface area (Å²) in [5.41, 5.74) is 7.53. The third-order valence-corrected chi connectivity index (χ3v) is 3.33. The van der Waals surface area contributed by atoms with Crippen LogP contribution in [0.3, 0.4) is 0 Å². The summed E-state index contributed by atoms with van der Waals surface area (Å²) in [7, 11) is 1.66. The first-order valence-electron chi connectivity index (χ1n) is 6.47. The average Bonchev–Trinajstić information content (AvgIpc) is 2.37. The Morgan fingerprint density at radius 1 is 1.22 bits per heavy atom. The molecule has 0 bridgehead atoms. The van der Waals surface area contributed by atoms with Crippen LogP contribution in [0, 0.1) is 6.92 Å². The Balaban J connectivity index is 2.43. The Morgan fingerprint density at radius 3 is 2.61 bits per heavy atom. The van der Waals surface area contributed by atoms with Crippen LogP contribution in [0.25, 0.3) is 0 Å². The maximum Gasteiger partial charge on any atom is 0.143 e. The summed E-state index contributed by atoms with van der Waals surface area (Å²) < 4.78 is 5.31. The van der Waals surface area contributed by atoms with E-state index >= 15 is 0 Å². The lowest BCUT2D eigenvalue weighted by molar-refractivity contribution is 0.416. The second-order valence-electron chi connectivity index (χ2n) is 4.43. The highest BCUT2D eigenvalue weighted by molar-refractivity contribution is 6.31. The highest BCUT2D eigenvalue weighted by atomic mass is 35.5. The van der Waals surface area contributed by atoms with Gasteiger partial charge in [0.25, 0.3) is 0 Å². The van der Waals surface area contributed by atoms with E-state index in [1.54, 1.807) is 7.11 Å². The van der Waals surface area contributed by atoms with Crippen molar-refractivity contribution in [1.29, 1.82) is 0 Å². The molecule has 0 spiro atoms. The number of aryl methyl sites for hydroxylation is 1. The molecule has 0 saturated carbocycles. The molecule has 0 radical (unpaired) electrons. The van der Waals surface area contributed by atoms with Crippen molar-refractivity contribution in [1.82, 2.24) is 0 Å². The quantitative estimate of drug-likeness (QED) is 0.710. The molecule has 1 aromatic carbocycles. The summed E-state index contributed by atoms with van der Waals surface area (Å²) in [4.78, 5) is 0. The van der Waals surface area contributed by atoms with Gasteiger partial charge in [-0.2, -0.15) is 0 Å². The number of anilines is 1. The molecule has 0 unspecified atom stereocenters. The standard InChI is InChI=1S/C14H23ClN2O/c1-11-9-13(14(18-2)10-12(11)15)17-8-6-4-3-5-7-16/h9-10,17H,3-8,16H2,1-2H3. The van der Waals surface area contributed by atoms with E-state index in [2.05, 4.69) is 5.32 Å². The van der Waals surface area contributed by atoms with Gasteiger partial charge in [-0.25, -0.2) is 0 Å². The largest absolute Gasteiger partial charge is 0.495 e. The van der Waals surface area contributed by atoms with Gasteiger partial charge in [0.2, 0.25) is 0 Å². The zero-order valence-corrected chi connectivity index (χ0v) is 12.0. The second kappa shape index (κ2) is 8.22. The number of nitrogens with one attached hydrogen (secondary N) is 1. The number of halogens is 1. The maximum atomic E-state index is 6.06. The van der Waals surface area contributed by atoms with Gasteiger partial charge < -0.3 is 15.8 Å². The summed E-state index contributed by atoms with van der Waals surface area (Å²) in [6, 6.07) is 3.88. The van der Waals surface area contributed by atoms with Gasteiger partial charge in [0.1, 0.15) is 5.75 Å². The molecule has 0 aromatic heterocycles. The van der Waals surface area contributed by atoms with Crippen molar-refractivity contribution < 1.29 is 4.74 Å². The van der Waals surface area contributed by atoms with Crippen LogP contribution in [0.1, 0.15) is 31.2 Å². The lowest BCUT2D eigenvalue weighted by atomic mass is 10.1. The zero-order valence-electron chi connectivity index (χ0n) is 11.3. The first kappa shape index (κ1) is 15.1. The summed E-state index contributed by atoms with van der Waals surface area (Å²) in [5.74, 6) is 0.799. The molecule has 0 fully saturated rings. The fourth-order valence-corrected chi connectivity index (χ4v) is 1.97. The van der Waals surface area contributed by atoms with Crippen molar-refractivity contribution in [3.63, 3.8) is 0 Å². The van der Waals surface area contributed by atoms with Crippen LogP contribution < -0.4 is 15.8 Å². The monoisotopic (exact) mass is 270 g/mol. The molecule has 3 nitrogen and oxygen atoms in total. The number of methoxy groups -OCH3 is 1. The molecule has 1 rings (SSSR count). The number of rotatable bonds is 8. The fourth-order valence-electron chi connectivity index (χ4n) is 1.82. The molecular weight excluding hydrogens is 248 g/mol. The lowest BCUT2D eigenvalue weighted by Gasteiger charge is -2.13. The van der Waals surface area contributed by atoms with E-state index in [1.807, 2.05) is 19.1 Å². The van der Waals surface area contributed by atoms with Crippen LogP contribution in [0.5, 0.6) is 5.75 Å². The van der Waals surface area contributed by atoms with Crippen LogP contribution in [0.2, 0.25) is 5.02 Å². The van der Waals surface area contributed by atoms with E-state index in [0.717, 1.165) is 48.0 Å². The van der Waals surface area contributed by atoms with Crippen molar-refractivity contribution >= 4 is 17.3 Å². The number of hydrogen-bond acceptors (Lipinski definition) is 3. The van der Waals surface area contributed by atoms with E-state index in [4.69, 9.17) is 22.1 Å². The Bertz CT molecular complexity index is 369. The smallest absolute Gasteiger partial charge is 0.143 e. The summed E-state index contributed by atoms with van der Waals surface area (Å²) >= 11 is 6.06. The summed E-state index contributed by atoms with van der Waals surface area (Å²) in [5, 5.41) is 4.13. The Hall–Kier alpha value is -0.930. The topological polar surface area (TPSA) is 47.3 Å². The van der Waals surface area contributed by atoms with Crippen molar-refractivity contribution in [3.05, 3.63) is 22.7 Å². The van der Waals surface area contributed by atoms with Crippen LogP contribution in [0.4, 0.5) is 5.69 Å². The lowest BCUT2D eigenvalue weighted by Crippen LogP contribution is -2.04. The Kier molecular flexibility index (Phi) is 6.91. The van der Waals surface area contributed by atoms with Gasteiger partial charge in [-0.15, -0.1) is 0 Å². The maximum absolute atomic E-state index is 6.06. The Morgan fingerprint density at radius 2 is 1.94 bits per heavy atom. The third-order valence-electron chi connectivity index (χ3n) is 2.93. The predicted molar refractivity (Wildman–Crippen MR) is 78.8 cm³/mol. The van der Waals surface area contributed by atoms with Gasteiger partial charge in [0, 0.05) is 17.6 Å². The molecule has 0 amide bonds. The first-order valence-corrected chi connectivity index (χ1v) is 6.85. The molecule has 1 aromatic rings. The second-order valence-corrected chi connectivity index (χ2v) is 4.84. The van der Waals surface area contributed by atoms with Gasteiger partial charge >= 0.3 is 0 Å². The normalized spacial score (nSPS) is 10.4. The van der Waals surface area contributed by atoms with Gasteiger partial charge in [0.15, 0.2) is 0 Å². The highest BCUT2D eigenvalue weighted by Gasteiger charge is 2.06. The first-order chi connectivity index (χ1) is 8.69. The molecule has 0 aliphatic heterocycles. The minimum absolute atomic E-state index is 0.736. The molecule has 18 heavy (non-hydrogen) atoms. The number of nitrogens with two attached hydrogens (primary N) is 1. The predicted octanol–water partition coefficient (Wildman–Crippen LogP) is 3.59. The molecule has 102 valence electrons. The summed E-state index contributed by atoms with van der Waals surface area (Å²) in [6.45, 7) is 3.73. The van der Waals surface area contributed by atoms with E-state index in [0.29, 0.717) is 0 Å². The van der Waals surface area contributed by atoms with Crippen LogP contribution in [-0.4, -0.2) is 20.2 Å². The van der Waals surface area contributed by atoms with E-state index < -0.39 is 0 Å². The number of unbranched alkanes of at least 4 members (excludes halogenated alkanes) is 3. The van der Waals surface area contributed by atoms with E-state index in [-0.39, 0.29) is 0 Å². The minimum atomic E-state index is 0.736. The van der Waals surface area contributed by atoms with Crippen LogP contribution in [-0.2, 0) is 0 Å². The van der Waals surface area contributed by atoms with Crippen molar-refractivity contribution in [2.24, 2.45) is 5.73 Å². The molecule has 0 aliphatic rings. The van der Waals surface area contributed by atoms with E-state index in [1.165, 1.54) is 12.8 Å². The molecule has 0 saturated heterocycles. The number of ether oxygens (including phenoxy) is 1. The Labute approximate surface area is 115 Å². The molecule has 0 heterocycles. The van der Waals surface area contributed by atoms with Gasteiger partial charge in [-0.3, -0.25) is 0 Å². The van der Waals surface area contributed by atoms with Crippen LogP contribution in [0.15, 0.2) is 12.1 Å². The van der Waals surface area contributed by atoms with E-state index in [9.17, 15) is 0 Å². The fraction of sp³-hybridized carbons (Fsp3) is 0.571. The van der Waals surface area contributed by atoms with Gasteiger partial charge in [-0.1, -0.05) is 24.4 Å². The molecular formula is C14H23ClN2O. The number of benzene rings is 1. The van der Waals surface area contributed by atoms with Crippen molar-refractivity contribution in [2.75, 3.05) is 25.5 Å². The van der Waals surface area contributed by atoms with Gasteiger partial charge in [-0.05, 0) is 37.9 Å². The molecule has 4 heteroatoms. The molecule has 0 aliphatic carbocycles. The average molecular weight is 271 g/mol. The van der Waals surface area contributed by atoms with Crippen molar-refractivity contribution in [2.45, 2.75) is 32.6 Å². The minimum Gasteiger partial charge on any atom is -0.495 e. The number of hydrogen-bond donors (Lipinski definition) is 2. The third kappa shape index (κ3) is 4.75. The SMILES string of the molecule is COc1cc(Cl)c(C)cc1NCCCCCCN. The summed E-state index contributed by atoms with van der Waals surface area (Å²) in [6.07, 6.45) is 4.67. The van der Waals surface area contributed by atoms with Crippen molar-refractivity contribution in [3.8, 4) is 5.75 Å². The molecule has 3 N–H and O–H groups in total. The van der Waals surface area contributed by atoms with Gasteiger partial charge in [0.05, 0.1) is 12.8 Å². The van der Waals surface area contributed by atoms with Crippen LogP contribution >= 0.6 is 11.6 Å².